The van der Waals surface area contributed by atoms with E-state index in [1.807, 2.05) is 56.8 Å². The first-order chi connectivity index (χ1) is 6.00. The van der Waals surface area contributed by atoms with Crippen molar-refractivity contribution >= 4 is 20.4 Å². The molecule has 0 heterocycles. The SMILES string of the molecule is C=O.C=O.C=O.[Cr].c1ccccc1. The van der Waals surface area contributed by atoms with Gasteiger partial charge >= 0.3 is 0 Å². The van der Waals surface area contributed by atoms with E-state index in [1.165, 1.54) is 0 Å². The van der Waals surface area contributed by atoms with Gasteiger partial charge in [-0.1, -0.05) is 36.4 Å². The molecular formula is C9H12CrO3. The van der Waals surface area contributed by atoms with Gasteiger partial charge in [-0.25, -0.2) is 0 Å². The molecule has 0 saturated carbocycles. The number of carbonyl (C=O) groups is 3. The zero-order chi connectivity index (χ0) is 10.2. The molecule has 0 atom stereocenters. The van der Waals surface area contributed by atoms with Crippen LogP contribution in [0.4, 0.5) is 0 Å². The van der Waals surface area contributed by atoms with Crippen LogP contribution >= 0.6 is 0 Å². The van der Waals surface area contributed by atoms with Gasteiger partial charge in [0.15, 0.2) is 0 Å². The van der Waals surface area contributed by atoms with E-state index in [0.29, 0.717) is 0 Å². The van der Waals surface area contributed by atoms with E-state index in [1.54, 1.807) is 0 Å². The van der Waals surface area contributed by atoms with Crippen LogP contribution in [0.3, 0.4) is 0 Å². The molecule has 13 heavy (non-hydrogen) atoms. The first-order valence-electron chi connectivity index (χ1n) is 2.87. The Bertz CT molecular complexity index is 115. The molecule has 0 saturated heterocycles. The summed E-state index contributed by atoms with van der Waals surface area (Å²) < 4.78 is 0. The van der Waals surface area contributed by atoms with Crippen LogP contribution in [0.25, 0.3) is 0 Å². The molecule has 0 aromatic heterocycles. The molecule has 0 bridgehead atoms. The summed E-state index contributed by atoms with van der Waals surface area (Å²) in [6.07, 6.45) is 0. The Hall–Kier alpha value is -1.24. The monoisotopic (exact) mass is 220 g/mol. The molecule has 0 radical (unpaired) electrons. The number of benzene rings is 1. The molecule has 0 aliphatic heterocycles. The Morgan fingerprint density at radius 2 is 0.538 bits per heavy atom. The molecule has 1 rings (SSSR count). The van der Waals surface area contributed by atoms with Gasteiger partial charge in [0.1, 0.15) is 20.4 Å². The molecule has 0 N–H and O–H groups in total. The van der Waals surface area contributed by atoms with Gasteiger partial charge in [-0.15, -0.1) is 0 Å². The molecular weight excluding hydrogens is 208 g/mol. The van der Waals surface area contributed by atoms with Gasteiger partial charge in [0.05, 0.1) is 0 Å². The Balaban J connectivity index is -0.0000000508. The van der Waals surface area contributed by atoms with Gasteiger partial charge in [-0.05, 0) is 0 Å². The third kappa shape index (κ3) is 36.4. The molecule has 0 amide bonds. The standard InChI is InChI=1S/C6H6.3CH2O.Cr/c1-2-4-6-5-3-1;3*1-2;/h1-6H;3*1H2;. The Labute approximate surface area is 88.9 Å². The average Bonchev–Trinajstić information content (AvgIpc) is 2.29. The van der Waals surface area contributed by atoms with Gasteiger partial charge in [-0.2, -0.15) is 0 Å². The largest absolute Gasteiger partial charge is 0.307 e. The van der Waals surface area contributed by atoms with E-state index >= 15 is 0 Å². The maximum Gasteiger partial charge on any atom is 0.106 e. The fourth-order valence-electron chi connectivity index (χ4n) is 0.385. The van der Waals surface area contributed by atoms with E-state index in [-0.39, 0.29) is 17.4 Å². The van der Waals surface area contributed by atoms with Gasteiger partial charge in [0.2, 0.25) is 0 Å². The summed E-state index contributed by atoms with van der Waals surface area (Å²) in [7, 11) is 0. The number of hydrogen-bond donors (Lipinski definition) is 0. The predicted molar refractivity (Wildman–Crippen MR) is 47.8 cm³/mol. The van der Waals surface area contributed by atoms with Crippen molar-refractivity contribution in [1.82, 2.24) is 0 Å². The first-order valence-corrected chi connectivity index (χ1v) is 2.87. The van der Waals surface area contributed by atoms with Crippen LogP contribution in [0.2, 0.25) is 0 Å². The predicted octanol–water partition coefficient (Wildman–Crippen LogP) is 1.13. The quantitative estimate of drug-likeness (QED) is 0.658. The molecule has 0 spiro atoms. The van der Waals surface area contributed by atoms with Crippen LogP contribution in [-0.4, -0.2) is 20.4 Å². The summed E-state index contributed by atoms with van der Waals surface area (Å²) in [4.78, 5) is 24.0. The number of carbonyl (C=O) groups excluding carboxylic acids is 3. The van der Waals surface area contributed by atoms with Crippen molar-refractivity contribution in [1.29, 1.82) is 0 Å². The van der Waals surface area contributed by atoms with Gasteiger partial charge in [0, 0.05) is 17.4 Å². The number of rotatable bonds is 0. The summed E-state index contributed by atoms with van der Waals surface area (Å²) in [5.74, 6) is 0. The van der Waals surface area contributed by atoms with Crippen LogP contribution in [-0.2, 0) is 31.7 Å². The van der Waals surface area contributed by atoms with Crippen molar-refractivity contribution in [3.05, 3.63) is 36.4 Å². The Morgan fingerprint density at radius 1 is 0.462 bits per heavy atom. The summed E-state index contributed by atoms with van der Waals surface area (Å²) in [6.45, 7) is 6.00. The second kappa shape index (κ2) is 45.2. The van der Waals surface area contributed by atoms with Crippen LogP contribution in [0.15, 0.2) is 36.4 Å². The molecule has 4 heteroatoms. The number of hydrogen-bond acceptors (Lipinski definition) is 3. The fourth-order valence-corrected chi connectivity index (χ4v) is 0.385. The van der Waals surface area contributed by atoms with Crippen LogP contribution in [0, 0.1) is 0 Å². The van der Waals surface area contributed by atoms with E-state index in [2.05, 4.69) is 0 Å². The van der Waals surface area contributed by atoms with Crippen molar-refractivity contribution < 1.29 is 31.7 Å². The van der Waals surface area contributed by atoms with Gasteiger partial charge < -0.3 is 14.4 Å². The molecule has 0 unspecified atom stereocenters. The second-order valence-corrected chi connectivity index (χ2v) is 1.15. The minimum Gasteiger partial charge on any atom is -0.307 e. The molecule has 0 aliphatic rings. The summed E-state index contributed by atoms with van der Waals surface area (Å²) in [5.41, 5.74) is 0. The Kier molecular flexibility index (Phi) is 78.7. The molecule has 3 nitrogen and oxygen atoms in total. The molecule has 1 aromatic rings. The first kappa shape index (κ1) is 22.6. The van der Waals surface area contributed by atoms with Crippen LogP contribution < -0.4 is 0 Å². The smallest absolute Gasteiger partial charge is 0.106 e. The summed E-state index contributed by atoms with van der Waals surface area (Å²) in [5, 5.41) is 0. The van der Waals surface area contributed by atoms with E-state index < -0.39 is 0 Å². The van der Waals surface area contributed by atoms with E-state index in [0.717, 1.165) is 0 Å². The average molecular weight is 220 g/mol. The normalized spacial score (nSPS) is 4.62. The van der Waals surface area contributed by atoms with Gasteiger partial charge in [0.25, 0.3) is 0 Å². The topological polar surface area (TPSA) is 51.2 Å². The maximum atomic E-state index is 8.00. The second-order valence-electron chi connectivity index (χ2n) is 1.15. The third-order valence-corrected chi connectivity index (χ3v) is 0.667. The minimum absolute atomic E-state index is 0. The maximum absolute atomic E-state index is 8.00. The summed E-state index contributed by atoms with van der Waals surface area (Å²) in [6, 6.07) is 12.0. The van der Waals surface area contributed by atoms with Crippen molar-refractivity contribution in [3.63, 3.8) is 0 Å². The zero-order valence-electron chi connectivity index (χ0n) is 7.22. The van der Waals surface area contributed by atoms with Crippen molar-refractivity contribution in [2.75, 3.05) is 0 Å². The van der Waals surface area contributed by atoms with Crippen molar-refractivity contribution in [2.45, 2.75) is 0 Å². The van der Waals surface area contributed by atoms with E-state index in [9.17, 15) is 0 Å². The molecule has 0 aliphatic carbocycles. The zero-order valence-corrected chi connectivity index (χ0v) is 8.49. The minimum atomic E-state index is 0. The van der Waals surface area contributed by atoms with E-state index in [4.69, 9.17) is 14.4 Å². The summed E-state index contributed by atoms with van der Waals surface area (Å²) >= 11 is 0. The molecule has 72 valence electrons. The van der Waals surface area contributed by atoms with Crippen LogP contribution in [0.1, 0.15) is 0 Å². The fraction of sp³-hybridized carbons (Fsp3) is 0. The Morgan fingerprint density at radius 3 is 0.615 bits per heavy atom. The molecule has 1 aromatic carbocycles. The van der Waals surface area contributed by atoms with Crippen LogP contribution in [0.5, 0.6) is 0 Å². The van der Waals surface area contributed by atoms with Crippen molar-refractivity contribution in [2.24, 2.45) is 0 Å². The molecule has 0 fully saturated rings. The third-order valence-electron chi connectivity index (χ3n) is 0.667. The van der Waals surface area contributed by atoms with Crippen molar-refractivity contribution in [3.8, 4) is 0 Å². The van der Waals surface area contributed by atoms with Gasteiger partial charge in [-0.3, -0.25) is 0 Å².